The van der Waals surface area contributed by atoms with Gasteiger partial charge in [0.05, 0.1) is 5.69 Å². The number of hydrogen-bond acceptors (Lipinski definition) is 1. The summed E-state index contributed by atoms with van der Waals surface area (Å²) in [6, 6.07) is 16.3. The zero-order valence-electron chi connectivity index (χ0n) is 9.64. The molecule has 0 heterocycles. The van der Waals surface area contributed by atoms with Crippen LogP contribution in [0.2, 0.25) is 0 Å². The maximum Gasteiger partial charge on any atom is 0.0629 e. The van der Waals surface area contributed by atoms with Crippen LogP contribution < -0.4 is 0 Å². The molecule has 0 bridgehead atoms. The molecule has 0 amide bonds. The van der Waals surface area contributed by atoms with Gasteiger partial charge in [0.25, 0.3) is 0 Å². The predicted octanol–water partition coefficient (Wildman–Crippen LogP) is 4.05. The number of hydrogen-bond donors (Lipinski definition) is 0. The molecule has 0 aliphatic rings. The van der Waals surface area contributed by atoms with Gasteiger partial charge in [-0.3, -0.25) is 4.99 Å². The standard InChI is InChI=1S/C15H15N/c1-12-8-9-14(10-13(12)2)11-16-15-6-4-3-5-7-15/h3-11H,1-2H3. The lowest BCUT2D eigenvalue weighted by Gasteiger charge is -2.00. The smallest absolute Gasteiger partial charge is 0.0629 e. The fraction of sp³-hybridized carbons (Fsp3) is 0.133. The van der Waals surface area contributed by atoms with E-state index in [-0.39, 0.29) is 0 Å². The van der Waals surface area contributed by atoms with Crippen molar-refractivity contribution in [1.82, 2.24) is 0 Å². The number of rotatable bonds is 2. The third-order valence-electron chi connectivity index (χ3n) is 2.65. The van der Waals surface area contributed by atoms with E-state index >= 15 is 0 Å². The van der Waals surface area contributed by atoms with Crippen LogP contribution in [-0.2, 0) is 0 Å². The normalized spacial score (nSPS) is 10.9. The van der Waals surface area contributed by atoms with E-state index in [0.717, 1.165) is 11.3 Å². The van der Waals surface area contributed by atoms with Gasteiger partial charge in [-0.25, -0.2) is 0 Å². The maximum atomic E-state index is 4.42. The molecule has 0 fully saturated rings. The van der Waals surface area contributed by atoms with Crippen LogP contribution in [0.1, 0.15) is 16.7 Å². The average molecular weight is 209 g/mol. The van der Waals surface area contributed by atoms with Crippen LogP contribution in [0.4, 0.5) is 5.69 Å². The van der Waals surface area contributed by atoms with Crippen molar-refractivity contribution in [3.63, 3.8) is 0 Å². The van der Waals surface area contributed by atoms with E-state index in [0.29, 0.717) is 0 Å². The Hall–Kier alpha value is -1.89. The van der Waals surface area contributed by atoms with E-state index in [9.17, 15) is 0 Å². The summed E-state index contributed by atoms with van der Waals surface area (Å²) in [5.41, 5.74) is 4.75. The minimum atomic E-state index is 0.987. The lowest BCUT2D eigenvalue weighted by Crippen LogP contribution is -1.85. The summed E-state index contributed by atoms with van der Waals surface area (Å²) in [6.45, 7) is 4.24. The molecule has 0 aromatic heterocycles. The molecule has 1 heteroatoms. The lowest BCUT2D eigenvalue weighted by atomic mass is 10.1. The summed E-state index contributed by atoms with van der Waals surface area (Å²) in [4.78, 5) is 4.42. The molecule has 16 heavy (non-hydrogen) atoms. The van der Waals surface area contributed by atoms with Gasteiger partial charge in [-0.2, -0.15) is 0 Å². The molecule has 0 atom stereocenters. The van der Waals surface area contributed by atoms with Gasteiger partial charge in [0.2, 0.25) is 0 Å². The van der Waals surface area contributed by atoms with Gasteiger partial charge in [-0.15, -0.1) is 0 Å². The largest absolute Gasteiger partial charge is 0.256 e. The van der Waals surface area contributed by atoms with Gasteiger partial charge in [0, 0.05) is 6.21 Å². The van der Waals surface area contributed by atoms with Crippen molar-refractivity contribution >= 4 is 11.9 Å². The van der Waals surface area contributed by atoms with E-state index in [1.165, 1.54) is 11.1 Å². The van der Waals surface area contributed by atoms with Gasteiger partial charge in [0.15, 0.2) is 0 Å². The Labute approximate surface area is 96.5 Å². The van der Waals surface area contributed by atoms with Crippen molar-refractivity contribution in [3.05, 3.63) is 65.2 Å². The molecule has 2 rings (SSSR count). The van der Waals surface area contributed by atoms with Crippen LogP contribution in [0.25, 0.3) is 0 Å². The third-order valence-corrected chi connectivity index (χ3v) is 2.65. The number of benzene rings is 2. The van der Waals surface area contributed by atoms with Gasteiger partial charge >= 0.3 is 0 Å². The lowest BCUT2D eigenvalue weighted by molar-refractivity contribution is 1.33. The first-order valence-electron chi connectivity index (χ1n) is 5.42. The maximum absolute atomic E-state index is 4.42. The molecule has 2 aromatic rings. The zero-order chi connectivity index (χ0) is 11.4. The fourth-order valence-electron chi connectivity index (χ4n) is 1.51. The minimum absolute atomic E-state index is 0.987. The minimum Gasteiger partial charge on any atom is -0.256 e. The predicted molar refractivity (Wildman–Crippen MR) is 69.6 cm³/mol. The highest BCUT2D eigenvalue weighted by Crippen LogP contribution is 2.12. The van der Waals surface area contributed by atoms with E-state index in [2.05, 4.69) is 37.0 Å². The average Bonchev–Trinajstić information content (AvgIpc) is 2.32. The summed E-state index contributed by atoms with van der Waals surface area (Å²) in [6.07, 6.45) is 1.90. The van der Waals surface area contributed by atoms with Crippen molar-refractivity contribution in [2.45, 2.75) is 13.8 Å². The SMILES string of the molecule is Cc1ccc(C=Nc2ccccc2)cc1C. The Morgan fingerprint density at radius 1 is 0.875 bits per heavy atom. The highest BCUT2D eigenvalue weighted by molar-refractivity contribution is 5.82. The first-order valence-corrected chi connectivity index (χ1v) is 5.42. The van der Waals surface area contributed by atoms with Gasteiger partial charge in [0.1, 0.15) is 0 Å². The van der Waals surface area contributed by atoms with Crippen molar-refractivity contribution in [1.29, 1.82) is 0 Å². The van der Waals surface area contributed by atoms with Crippen molar-refractivity contribution < 1.29 is 0 Å². The number of aliphatic imine (C=N–C) groups is 1. The topological polar surface area (TPSA) is 12.4 Å². The van der Waals surface area contributed by atoms with E-state index in [4.69, 9.17) is 0 Å². The van der Waals surface area contributed by atoms with Crippen molar-refractivity contribution in [2.75, 3.05) is 0 Å². The van der Waals surface area contributed by atoms with E-state index < -0.39 is 0 Å². The molecular formula is C15H15N. The Kier molecular flexibility index (Phi) is 3.16. The van der Waals surface area contributed by atoms with Crippen LogP contribution >= 0.6 is 0 Å². The fourth-order valence-corrected chi connectivity index (χ4v) is 1.51. The van der Waals surface area contributed by atoms with Crippen molar-refractivity contribution in [2.24, 2.45) is 4.99 Å². The van der Waals surface area contributed by atoms with E-state index in [1.54, 1.807) is 0 Å². The van der Waals surface area contributed by atoms with Crippen LogP contribution in [0.5, 0.6) is 0 Å². The molecule has 0 saturated carbocycles. The highest BCUT2D eigenvalue weighted by atomic mass is 14.7. The monoisotopic (exact) mass is 209 g/mol. The highest BCUT2D eigenvalue weighted by Gasteiger charge is 1.93. The molecule has 2 aromatic carbocycles. The Morgan fingerprint density at radius 2 is 1.62 bits per heavy atom. The summed E-state index contributed by atoms with van der Waals surface area (Å²) in [5.74, 6) is 0. The summed E-state index contributed by atoms with van der Waals surface area (Å²) >= 11 is 0. The first-order chi connectivity index (χ1) is 7.75. The Balaban J connectivity index is 2.21. The second-order valence-corrected chi connectivity index (χ2v) is 3.94. The van der Waals surface area contributed by atoms with Gasteiger partial charge in [-0.05, 0) is 42.7 Å². The van der Waals surface area contributed by atoms with Gasteiger partial charge in [-0.1, -0.05) is 36.4 Å². The zero-order valence-corrected chi connectivity index (χ0v) is 9.64. The molecule has 0 N–H and O–H groups in total. The number of para-hydroxylation sites is 1. The molecule has 1 nitrogen and oxygen atoms in total. The molecule has 0 aliphatic carbocycles. The van der Waals surface area contributed by atoms with Crippen molar-refractivity contribution in [3.8, 4) is 0 Å². The molecule has 80 valence electrons. The number of nitrogens with zero attached hydrogens (tertiary/aromatic N) is 1. The van der Waals surface area contributed by atoms with Crippen LogP contribution in [0.15, 0.2) is 53.5 Å². The quantitative estimate of drug-likeness (QED) is 0.661. The number of aryl methyl sites for hydroxylation is 2. The second kappa shape index (κ2) is 4.75. The van der Waals surface area contributed by atoms with Crippen LogP contribution in [0.3, 0.4) is 0 Å². The molecule has 0 unspecified atom stereocenters. The van der Waals surface area contributed by atoms with E-state index in [1.807, 2.05) is 36.5 Å². The molecule has 0 saturated heterocycles. The molecule has 0 aliphatic heterocycles. The molecular weight excluding hydrogens is 194 g/mol. The Bertz CT molecular complexity index is 498. The third kappa shape index (κ3) is 2.57. The summed E-state index contributed by atoms with van der Waals surface area (Å²) in [7, 11) is 0. The first kappa shape index (κ1) is 10.6. The van der Waals surface area contributed by atoms with Crippen LogP contribution in [0, 0.1) is 13.8 Å². The molecule has 0 radical (unpaired) electrons. The second-order valence-electron chi connectivity index (χ2n) is 3.94. The van der Waals surface area contributed by atoms with Crippen LogP contribution in [-0.4, -0.2) is 6.21 Å². The Morgan fingerprint density at radius 3 is 2.31 bits per heavy atom. The summed E-state index contributed by atoms with van der Waals surface area (Å²) in [5, 5.41) is 0. The molecule has 0 spiro atoms. The van der Waals surface area contributed by atoms with Gasteiger partial charge < -0.3 is 0 Å². The summed E-state index contributed by atoms with van der Waals surface area (Å²) < 4.78 is 0.